The van der Waals surface area contributed by atoms with Gasteiger partial charge in [0.1, 0.15) is 0 Å². The predicted octanol–water partition coefficient (Wildman–Crippen LogP) is 4.50. The number of aromatic nitrogens is 2. The monoisotopic (exact) mass is 304 g/mol. The molecule has 0 radical (unpaired) electrons. The Morgan fingerprint density at radius 1 is 1.29 bits per heavy atom. The van der Waals surface area contributed by atoms with Gasteiger partial charge in [-0.2, -0.15) is 5.10 Å². The van der Waals surface area contributed by atoms with Gasteiger partial charge in [-0.1, -0.05) is 18.2 Å². The molecule has 1 saturated heterocycles. The highest BCUT2D eigenvalue weighted by Crippen LogP contribution is 2.28. The van der Waals surface area contributed by atoms with Crippen molar-refractivity contribution in [3.05, 3.63) is 48.3 Å². The molecule has 2 atom stereocenters. The summed E-state index contributed by atoms with van der Waals surface area (Å²) in [5.74, 6) is 0. The van der Waals surface area contributed by atoms with Crippen LogP contribution in [-0.2, 0) is 4.74 Å². The molecule has 1 aliphatic rings. The van der Waals surface area contributed by atoms with Crippen molar-refractivity contribution in [2.75, 3.05) is 6.61 Å². The number of rotatable bonds is 5. The molecule has 3 rings (SSSR count). The van der Waals surface area contributed by atoms with E-state index in [2.05, 4.69) is 5.10 Å². The molecule has 2 aromatic rings. The molecule has 4 heteroatoms. The van der Waals surface area contributed by atoms with Crippen LogP contribution in [0.2, 0.25) is 0 Å². The molecule has 0 spiro atoms. The summed E-state index contributed by atoms with van der Waals surface area (Å²) in [7, 11) is 0. The first-order valence-corrected chi connectivity index (χ1v) is 8.12. The minimum atomic E-state index is 0.00740. The molecule has 2 heterocycles. The van der Waals surface area contributed by atoms with Crippen molar-refractivity contribution in [2.45, 2.75) is 43.6 Å². The van der Waals surface area contributed by atoms with Gasteiger partial charge >= 0.3 is 0 Å². The van der Waals surface area contributed by atoms with Crippen LogP contribution in [-0.4, -0.2) is 22.5 Å². The molecule has 0 bridgehead atoms. The first-order chi connectivity index (χ1) is 10.3. The van der Waals surface area contributed by atoms with E-state index in [4.69, 9.17) is 16.3 Å². The number of alkyl halides is 1. The van der Waals surface area contributed by atoms with Gasteiger partial charge in [-0.15, -0.1) is 11.6 Å². The first kappa shape index (κ1) is 14.6. The fourth-order valence-corrected chi connectivity index (χ4v) is 2.99. The van der Waals surface area contributed by atoms with E-state index >= 15 is 0 Å². The van der Waals surface area contributed by atoms with Crippen LogP contribution >= 0.6 is 11.6 Å². The number of benzene rings is 1. The largest absolute Gasteiger partial charge is 0.378 e. The van der Waals surface area contributed by atoms with E-state index < -0.39 is 0 Å². The normalized spacial score (nSPS) is 20.3. The van der Waals surface area contributed by atoms with Gasteiger partial charge in [0.2, 0.25) is 0 Å². The molecule has 0 amide bonds. The molecule has 1 aliphatic heterocycles. The van der Waals surface area contributed by atoms with E-state index in [1.165, 1.54) is 19.3 Å². The van der Waals surface area contributed by atoms with Crippen LogP contribution in [0.25, 0.3) is 5.69 Å². The number of hydrogen-bond acceptors (Lipinski definition) is 2. The van der Waals surface area contributed by atoms with Crippen LogP contribution in [0.5, 0.6) is 0 Å². The smallest absolute Gasteiger partial charge is 0.0645 e. The summed E-state index contributed by atoms with van der Waals surface area (Å²) in [6, 6.07) is 10.1. The average Bonchev–Trinajstić information content (AvgIpc) is 3.04. The van der Waals surface area contributed by atoms with Crippen LogP contribution in [0, 0.1) is 0 Å². The van der Waals surface area contributed by atoms with Gasteiger partial charge in [-0.25, -0.2) is 4.68 Å². The Labute approximate surface area is 130 Å². The Kier molecular flexibility index (Phi) is 4.94. The Morgan fingerprint density at radius 2 is 2.14 bits per heavy atom. The Morgan fingerprint density at radius 3 is 2.90 bits per heavy atom. The van der Waals surface area contributed by atoms with Gasteiger partial charge in [-0.3, -0.25) is 0 Å². The third kappa shape index (κ3) is 3.86. The maximum absolute atomic E-state index is 6.52. The molecule has 21 heavy (non-hydrogen) atoms. The average molecular weight is 305 g/mol. The Balaban J connectivity index is 1.57. The Bertz CT molecular complexity index is 549. The third-order valence-corrected chi connectivity index (χ3v) is 4.47. The maximum atomic E-state index is 6.52. The van der Waals surface area contributed by atoms with Crippen molar-refractivity contribution in [3.63, 3.8) is 0 Å². The molecule has 1 aromatic carbocycles. The fourth-order valence-electron chi connectivity index (χ4n) is 2.75. The quantitative estimate of drug-likeness (QED) is 0.760. The summed E-state index contributed by atoms with van der Waals surface area (Å²) in [5.41, 5.74) is 2.14. The van der Waals surface area contributed by atoms with E-state index in [1.807, 2.05) is 47.4 Å². The highest BCUT2D eigenvalue weighted by Gasteiger charge is 2.17. The van der Waals surface area contributed by atoms with Gasteiger partial charge in [0.15, 0.2) is 0 Å². The lowest BCUT2D eigenvalue weighted by atomic mass is 10.0. The number of ether oxygens (including phenoxy) is 1. The molecule has 0 N–H and O–H groups in total. The molecule has 112 valence electrons. The maximum Gasteiger partial charge on any atom is 0.0645 e. The van der Waals surface area contributed by atoms with Gasteiger partial charge in [0.05, 0.1) is 23.4 Å². The van der Waals surface area contributed by atoms with E-state index in [9.17, 15) is 0 Å². The second-order valence-electron chi connectivity index (χ2n) is 5.59. The number of nitrogens with zero attached hydrogens (tertiary/aromatic N) is 2. The molecule has 1 fully saturated rings. The lowest BCUT2D eigenvalue weighted by Gasteiger charge is -2.23. The highest BCUT2D eigenvalue weighted by atomic mass is 35.5. The molecule has 3 nitrogen and oxygen atoms in total. The zero-order chi connectivity index (χ0) is 14.5. The second kappa shape index (κ2) is 7.10. The third-order valence-electron chi connectivity index (χ3n) is 4.00. The van der Waals surface area contributed by atoms with Crippen molar-refractivity contribution in [2.24, 2.45) is 0 Å². The molecule has 1 aromatic heterocycles. The van der Waals surface area contributed by atoms with Crippen molar-refractivity contribution in [1.82, 2.24) is 9.78 Å². The van der Waals surface area contributed by atoms with Crippen molar-refractivity contribution in [3.8, 4) is 5.69 Å². The first-order valence-electron chi connectivity index (χ1n) is 7.68. The summed E-state index contributed by atoms with van der Waals surface area (Å²) in [5, 5.41) is 4.41. The van der Waals surface area contributed by atoms with E-state index in [-0.39, 0.29) is 5.38 Å². The molecule has 0 aliphatic carbocycles. The fraction of sp³-hybridized carbons (Fsp3) is 0.471. The SMILES string of the molecule is ClC(CCC1CCCCO1)c1cnn(-c2ccccc2)c1. The lowest BCUT2D eigenvalue weighted by Crippen LogP contribution is -2.19. The second-order valence-corrected chi connectivity index (χ2v) is 6.11. The number of para-hydroxylation sites is 1. The summed E-state index contributed by atoms with van der Waals surface area (Å²) in [4.78, 5) is 0. The van der Waals surface area contributed by atoms with Gasteiger partial charge in [0.25, 0.3) is 0 Å². The molecule has 2 unspecified atom stereocenters. The van der Waals surface area contributed by atoms with Crippen LogP contribution in [0.1, 0.15) is 43.0 Å². The van der Waals surface area contributed by atoms with E-state index in [1.54, 1.807) is 0 Å². The van der Waals surface area contributed by atoms with Crippen LogP contribution < -0.4 is 0 Å². The topological polar surface area (TPSA) is 27.1 Å². The van der Waals surface area contributed by atoms with Crippen LogP contribution in [0.3, 0.4) is 0 Å². The zero-order valence-corrected chi connectivity index (χ0v) is 12.9. The standard InChI is InChI=1S/C17H21ClN2O/c18-17(10-9-16-8-4-5-11-21-16)14-12-19-20(13-14)15-6-2-1-3-7-15/h1-3,6-7,12-13,16-17H,4-5,8-11H2. The van der Waals surface area contributed by atoms with E-state index in [0.29, 0.717) is 6.10 Å². The lowest BCUT2D eigenvalue weighted by molar-refractivity contribution is 0.0100. The van der Waals surface area contributed by atoms with Crippen LogP contribution in [0.15, 0.2) is 42.7 Å². The summed E-state index contributed by atoms with van der Waals surface area (Å²) in [6.07, 6.45) is 9.91. The minimum absolute atomic E-state index is 0.00740. The summed E-state index contributed by atoms with van der Waals surface area (Å²) in [6.45, 7) is 0.906. The number of halogens is 1. The molecular formula is C17H21ClN2O. The van der Waals surface area contributed by atoms with Crippen molar-refractivity contribution >= 4 is 11.6 Å². The minimum Gasteiger partial charge on any atom is -0.378 e. The van der Waals surface area contributed by atoms with Gasteiger partial charge in [-0.05, 0) is 44.2 Å². The van der Waals surface area contributed by atoms with Crippen LogP contribution in [0.4, 0.5) is 0 Å². The Hall–Kier alpha value is -1.32. The van der Waals surface area contributed by atoms with E-state index in [0.717, 1.165) is 30.7 Å². The summed E-state index contributed by atoms with van der Waals surface area (Å²) < 4.78 is 7.64. The van der Waals surface area contributed by atoms with Gasteiger partial charge in [0, 0.05) is 18.4 Å². The van der Waals surface area contributed by atoms with Crippen molar-refractivity contribution in [1.29, 1.82) is 0 Å². The summed E-state index contributed by atoms with van der Waals surface area (Å²) >= 11 is 6.52. The number of hydrogen-bond donors (Lipinski definition) is 0. The van der Waals surface area contributed by atoms with Gasteiger partial charge < -0.3 is 4.74 Å². The predicted molar refractivity (Wildman–Crippen MR) is 85.0 cm³/mol. The highest BCUT2D eigenvalue weighted by molar-refractivity contribution is 6.20. The molecule has 0 saturated carbocycles. The molecular weight excluding hydrogens is 284 g/mol. The zero-order valence-electron chi connectivity index (χ0n) is 12.1. The van der Waals surface area contributed by atoms with Crippen molar-refractivity contribution < 1.29 is 4.74 Å².